The van der Waals surface area contributed by atoms with Crippen molar-refractivity contribution in [2.45, 2.75) is 45.4 Å². The summed E-state index contributed by atoms with van der Waals surface area (Å²) in [6, 6.07) is 9.11. The molecule has 1 rings (SSSR count). The fourth-order valence-electron chi connectivity index (χ4n) is 1.73. The molecule has 0 aromatic heterocycles. The first kappa shape index (κ1) is 14.6. The van der Waals surface area contributed by atoms with Crippen molar-refractivity contribution in [2.75, 3.05) is 6.54 Å². The Balaban J connectivity index is 2.00. The van der Waals surface area contributed by atoms with Crippen molar-refractivity contribution in [1.82, 2.24) is 5.32 Å². The Morgan fingerprint density at radius 3 is 2.44 bits per heavy atom. The Morgan fingerprint density at radius 1 is 1.06 bits per heavy atom. The first-order valence-corrected chi connectivity index (χ1v) is 6.83. The lowest BCUT2D eigenvalue weighted by atomic mass is 10.1. The Hall–Kier alpha value is -1.51. The maximum Gasteiger partial charge on any atom is 0.412 e. The number of rotatable bonds is 8. The monoisotopic (exact) mass is 249 g/mol. The molecule has 3 nitrogen and oxygen atoms in total. The summed E-state index contributed by atoms with van der Waals surface area (Å²) < 4.78 is 5.11. The summed E-state index contributed by atoms with van der Waals surface area (Å²) in [5.74, 6) is 0.581. The fourth-order valence-corrected chi connectivity index (χ4v) is 1.73. The lowest BCUT2D eigenvalue weighted by molar-refractivity contribution is 0.200. The molecule has 0 bridgehead atoms. The van der Waals surface area contributed by atoms with Crippen LogP contribution < -0.4 is 10.1 Å². The van der Waals surface area contributed by atoms with Gasteiger partial charge in [0, 0.05) is 6.54 Å². The van der Waals surface area contributed by atoms with Crippen molar-refractivity contribution in [3.8, 4) is 5.75 Å². The molecule has 3 heteroatoms. The van der Waals surface area contributed by atoms with Gasteiger partial charge < -0.3 is 10.1 Å². The summed E-state index contributed by atoms with van der Waals surface area (Å²) >= 11 is 0. The van der Waals surface area contributed by atoms with Crippen molar-refractivity contribution in [2.24, 2.45) is 0 Å². The smallest absolute Gasteiger partial charge is 0.410 e. The van der Waals surface area contributed by atoms with Crippen LogP contribution in [0.5, 0.6) is 5.75 Å². The second-order valence-electron chi connectivity index (χ2n) is 4.40. The minimum Gasteiger partial charge on any atom is -0.410 e. The number of benzene rings is 1. The number of carbonyl (C=O) groups excluding carboxylic acids is 1. The molecule has 0 spiro atoms. The highest BCUT2D eigenvalue weighted by Gasteiger charge is 2.01. The molecule has 0 saturated carbocycles. The van der Waals surface area contributed by atoms with Crippen LogP contribution in [-0.4, -0.2) is 12.6 Å². The van der Waals surface area contributed by atoms with E-state index in [0.29, 0.717) is 12.3 Å². The van der Waals surface area contributed by atoms with E-state index < -0.39 is 0 Å². The third-order valence-corrected chi connectivity index (χ3v) is 2.75. The lowest BCUT2D eigenvalue weighted by Crippen LogP contribution is -2.27. The summed E-state index contributed by atoms with van der Waals surface area (Å²) in [5.41, 5.74) is 0. The van der Waals surface area contributed by atoms with E-state index in [4.69, 9.17) is 4.74 Å². The van der Waals surface area contributed by atoms with E-state index in [1.165, 1.54) is 32.1 Å². The zero-order valence-electron chi connectivity index (χ0n) is 11.2. The van der Waals surface area contributed by atoms with Gasteiger partial charge in [0.1, 0.15) is 5.75 Å². The van der Waals surface area contributed by atoms with Crippen molar-refractivity contribution >= 4 is 6.09 Å². The molecular formula is C15H23NO2. The Kier molecular flexibility index (Phi) is 7.69. The maximum atomic E-state index is 11.4. The third-order valence-electron chi connectivity index (χ3n) is 2.75. The van der Waals surface area contributed by atoms with E-state index in [0.717, 1.165) is 6.42 Å². The van der Waals surface area contributed by atoms with Crippen molar-refractivity contribution < 1.29 is 9.53 Å². The van der Waals surface area contributed by atoms with E-state index >= 15 is 0 Å². The highest BCUT2D eigenvalue weighted by atomic mass is 16.5. The molecule has 0 radical (unpaired) electrons. The molecule has 0 atom stereocenters. The van der Waals surface area contributed by atoms with Gasteiger partial charge in [-0.1, -0.05) is 57.2 Å². The molecular weight excluding hydrogens is 226 g/mol. The van der Waals surface area contributed by atoms with Crippen LogP contribution in [0.1, 0.15) is 45.4 Å². The highest BCUT2D eigenvalue weighted by Crippen LogP contribution is 2.08. The van der Waals surface area contributed by atoms with Crippen LogP contribution in [0.25, 0.3) is 0 Å². The molecule has 1 aromatic rings. The summed E-state index contributed by atoms with van der Waals surface area (Å²) in [4.78, 5) is 11.4. The molecule has 18 heavy (non-hydrogen) atoms. The molecule has 0 aliphatic rings. The predicted octanol–water partition coefficient (Wildman–Crippen LogP) is 4.14. The molecule has 1 amide bonds. The highest BCUT2D eigenvalue weighted by molar-refractivity contribution is 5.70. The van der Waals surface area contributed by atoms with Gasteiger partial charge in [0.2, 0.25) is 0 Å². The molecule has 1 N–H and O–H groups in total. The maximum absolute atomic E-state index is 11.4. The predicted molar refractivity (Wildman–Crippen MR) is 73.8 cm³/mol. The summed E-state index contributed by atoms with van der Waals surface area (Å²) in [6.45, 7) is 2.90. The van der Waals surface area contributed by atoms with Crippen LogP contribution in [0.2, 0.25) is 0 Å². The summed E-state index contributed by atoms with van der Waals surface area (Å²) in [7, 11) is 0. The molecule has 0 aliphatic carbocycles. The zero-order chi connectivity index (χ0) is 13.1. The van der Waals surface area contributed by atoms with Gasteiger partial charge in [-0.2, -0.15) is 0 Å². The van der Waals surface area contributed by atoms with Gasteiger partial charge in [0.15, 0.2) is 0 Å². The standard InChI is InChI=1S/C15H23NO2/c1-2-3-4-5-6-10-13-16-15(17)18-14-11-8-7-9-12-14/h7-9,11-12H,2-6,10,13H2,1H3,(H,16,17). The van der Waals surface area contributed by atoms with E-state index in [2.05, 4.69) is 12.2 Å². The van der Waals surface area contributed by atoms with Crippen LogP contribution in [0.3, 0.4) is 0 Å². The minimum atomic E-state index is -0.366. The zero-order valence-corrected chi connectivity index (χ0v) is 11.2. The number of hydrogen-bond acceptors (Lipinski definition) is 2. The number of carbonyl (C=O) groups is 1. The average Bonchev–Trinajstić information content (AvgIpc) is 2.39. The SMILES string of the molecule is CCCCCCCCNC(=O)Oc1ccccc1. The van der Waals surface area contributed by atoms with Gasteiger partial charge in [-0.05, 0) is 18.6 Å². The van der Waals surface area contributed by atoms with Gasteiger partial charge in [-0.25, -0.2) is 4.79 Å². The normalized spacial score (nSPS) is 10.1. The average molecular weight is 249 g/mol. The third kappa shape index (κ3) is 6.94. The van der Waals surface area contributed by atoms with Gasteiger partial charge in [-0.15, -0.1) is 0 Å². The van der Waals surface area contributed by atoms with Crippen LogP contribution in [0.15, 0.2) is 30.3 Å². The van der Waals surface area contributed by atoms with Gasteiger partial charge in [-0.3, -0.25) is 0 Å². The Labute approximate surface area is 110 Å². The quantitative estimate of drug-likeness (QED) is 0.703. The lowest BCUT2D eigenvalue weighted by Gasteiger charge is -2.06. The van der Waals surface area contributed by atoms with E-state index in [9.17, 15) is 4.79 Å². The number of unbranched alkanes of at least 4 members (excludes halogenated alkanes) is 5. The first-order chi connectivity index (χ1) is 8.83. The number of nitrogens with one attached hydrogen (secondary N) is 1. The molecule has 0 fully saturated rings. The van der Waals surface area contributed by atoms with Crippen molar-refractivity contribution in [3.63, 3.8) is 0 Å². The molecule has 0 heterocycles. The second-order valence-corrected chi connectivity index (χ2v) is 4.40. The molecule has 100 valence electrons. The first-order valence-electron chi connectivity index (χ1n) is 6.83. The van der Waals surface area contributed by atoms with E-state index in [1.807, 2.05) is 18.2 Å². The summed E-state index contributed by atoms with van der Waals surface area (Å²) in [6.07, 6.45) is 6.95. The van der Waals surface area contributed by atoms with Crippen molar-refractivity contribution in [1.29, 1.82) is 0 Å². The van der Waals surface area contributed by atoms with Gasteiger partial charge in [0.05, 0.1) is 0 Å². The minimum absolute atomic E-state index is 0.366. The number of ether oxygens (including phenoxy) is 1. The topological polar surface area (TPSA) is 38.3 Å². The number of amides is 1. The molecule has 0 saturated heterocycles. The fraction of sp³-hybridized carbons (Fsp3) is 0.533. The number of para-hydroxylation sites is 1. The molecule has 0 unspecified atom stereocenters. The number of hydrogen-bond donors (Lipinski definition) is 1. The largest absolute Gasteiger partial charge is 0.412 e. The van der Waals surface area contributed by atoms with Crippen molar-refractivity contribution in [3.05, 3.63) is 30.3 Å². The van der Waals surface area contributed by atoms with E-state index in [1.54, 1.807) is 12.1 Å². The summed E-state index contributed by atoms with van der Waals surface area (Å²) in [5, 5.41) is 2.76. The van der Waals surface area contributed by atoms with Crippen LogP contribution in [0.4, 0.5) is 4.79 Å². The van der Waals surface area contributed by atoms with Gasteiger partial charge in [0.25, 0.3) is 0 Å². The molecule has 1 aromatic carbocycles. The van der Waals surface area contributed by atoms with E-state index in [-0.39, 0.29) is 6.09 Å². The van der Waals surface area contributed by atoms with Crippen LogP contribution >= 0.6 is 0 Å². The van der Waals surface area contributed by atoms with Gasteiger partial charge >= 0.3 is 6.09 Å². The Morgan fingerprint density at radius 2 is 1.72 bits per heavy atom. The second kappa shape index (κ2) is 9.51. The Bertz CT molecular complexity index is 325. The molecule has 0 aliphatic heterocycles. The van der Waals surface area contributed by atoms with Crippen LogP contribution in [-0.2, 0) is 0 Å². The van der Waals surface area contributed by atoms with Crippen LogP contribution in [0, 0.1) is 0 Å².